The monoisotopic (exact) mass is 266 g/mol. The van der Waals surface area contributed by atoms with Crippen LogP contribution in [0.1, 0.15) is 38.7 Å². The molecule has 108 valence electrons. The number of likely N-dealkylation sites (N-methyl/N-ethyl adjacent to an activating group) is 1. The molecule has 0 fully saturated rings. The zero-order chi connectivity index (χ0) is 14.5. The van der Waals surface area contributed by atoms with Crippen LogP contribution in [-0.4, -0.2) is 45.7 Å². The minimum atomic E-state index is -0.706. The highest BCUT2D eigenvalue weighted by molar-refractivity contribution is 5.35. The Morgan fingerprint density at radius 2 is 2.05 bits per heavy atom. The largest absolute Gasteiger partial charge is 0.389 e. The van der Waals surface area contributed by atoms with E-state index in [1.54, 1.807) is 13.8 Å². The second-order valence-corrected chi connectivity index (χ2v) is 5.72. The van der Waals surface area contributed by atoms with Crippen molar-refractivity contribution in [3.05, 3.63) is 17.6 Å². The van der Waals surface area contributed by atoms with Gasteiger partial charge in [-0.15, -0.1) is 0 Å². The lowest BCUT2D eigenvalue weighted by molar-refractivity contribution is 0.0418. The third-order valence-electron chi connectivity index (χ3n) is 2.52. The summed E-state index contributed by atoms with van der Waals surface area (Å²) in [6.07, 6.45) is 1.07. The summed E-state index contributed by atoms with van der Waals surface area (Å²) in [6, 6.07) is 1.95. The molecule has 0 spiro atoms. The van der Waals surface area contributed by atoms with Crippen LogP contribution in [0.3, 0.4) is 0 Å². The summed E-state index contributed by atoms with van der Waals surface area (Å²) in [4.78, 5) is 11.0. The van der Waals surface area contributed by atoms with E-state index in [0.717, 1.165) is 30.3 Å². The van der Waals surface area contributed by atoms with Gasteiger partial charge >= 0.3 is 0 Å². The van der Waals surface area contributed by atoms with Crippen molar-refractivity contribution >= 4 is 5.82 Å². The maximum Gasteiger partial charge on any atom is 0.144 e. The number of hydrogen-bond donors (Lipinski definition) is 2. The fourth-order valence-corrected chi connectivity index (χ4v) is 2.00. The van der Waals surface area contributed by atoms with E-state index in [9.17, 15) is 5.11 Å². The lowest BCUT2D eigenvalue weighted by atomic mass is 10.1. The highest BCUT2D eigenvalue weighted by Gasteiger charge is 2.16. The second-order valence-electron chi connectivity index (χ2n) is 5.72. The molecule has 1 aromatic heterocycles. The van der Waals surface area contributed by atoms with E-state index in [1.807, 2.05) is 24.9 Å². The van der Waals surface area contributed by atoms with Crippen LogP contribution in [0.5, 0.6) is 0 Å². The summed E-state index contributed by atoms with van der Waals surface area (Å²) in [6.45, 7) is 9.82. The van der Waals surface area contributed by atoms with Gasteiger partial charge in [-0.05, 0) is 34.2 Å². The van der Waals surface area contributed by atoms with Gasteiger partial charge in [0.2, 0.25) is 0 Å². The van der Waals surface area contributed by atoms with Gasteiger partial charge in [0.15, 0.2) is 0 Å². The predicted octanol–water partition coefficient (Wildman–Crippen LogP) is 1.81. The Hall–Kier alpha value is -1.20. The Morgan fingerprint density at radius 1 is 1.37 bits per heavy atom. The lowest BCUT2D eigenvalue weighted by Crippen LogP contribution is -2.36. The van der Waals surface area contributed by atoms with E-state index in [0.29, 0.717) is 13.1 Å². The van der Waals surface area contributed by atoms with Crippen LogP contribution >= 0.6 is 0 Å². The first-order chi connectivity index (χ1) is 8.80. The normalized spacial score (nSPS) is 11.9. The number of nitrogens with zero attached hydrogens (tertiary/aromatic N) is 3. The van der Waals surface area contributed by atoms with Gasteiger partial charge in [-0.3, -0.25) is 4.90 Å². The summed E-state index contributed by atoms with van der Waals surface area (Å²) in [5.41, 5.74) is 0.252. The first kappa shape index (κ1) is 15.9. The molecule has 19 heavy (non-hydrogen) atoms. The fourth-order valence-electron chi connectivity index (χ4n) is 2.00. The number of anilines is 1. The highest BCUT2D eigenvalue weighted by atomic mass is 16.3. The summed E-state index contributed by atoms with van der Waals surface area (Å²) >= 11 is 0. The molecule has 5 nitrogen and oxygen atoms in total. The quantitative estimate of drug-likeness (QED) is 0.788. The third-order valence-corrected chi connectivity index (χ3v) is 2.52. The van der Waals surface area contributed by atoms with E-state index >= 15 is 0 Å². The molecule has 0 radical (unpaired) electrons. The maximum atomic E-state index is 9.80. The molecule has 0 unspecified atom stereocenters. The minimum absolute atomic E-state index is 0.585. The average molecular weight is 266 g/mol. The molecule has 0 aromatic carbocycles. The Kier molecular flexibility index (Phi) is 5.69. The third kappa shape index (κ3) is 6.50. The summed E-state index contributed by atoms with van der Waals surface area (Å²) in [7, 11) is 1.96. The number of hydrogen-bond acceptors (Lipinski definition) is 5. The second kappa shape index (κ2) is 6.82. The number of rotatable bonds is 7. The molecular weight excluding hydrogens is 240 g/mol. The van der Waals surface area contributed by atoms with Gasteiger partial charge in [-0.25, -0.2) is 9.97 Å². The van der Waals surface area contributed by atoms with Crippen molar-refractivity contribution in [3.8, 4) is 0 Å². The SMILES string of the molecule is CCCNc1cc(C)nc(CN(C)CC(C)(C)O)n1. The van der Waals surface area contributed by atoms with Crippen LogP contribution in [0.25, 0.3) is 0 Å². The smallest absolute Gasteiger partial charge is 0.144 e. The summed E-state index contributed by atoms with van der Waals surface area (Å²) < 4.78 is 0. The van der Waals surface area contributed by atoms with Crippen LogP contribution in [0.15, 0.2) is 6.07 Å². The molecule has 0 saturated heterocycles. The van der Waals surface area contributed by atoms with Gasteiger partial charge in [-0.1, -0.05) is 6.92 Å². The van der Waals surface area contributed by atoms with Gasteiger partial charge < -0.3 is 10.4 Å². The number of aromatic nitrogens is 2. The Labute approximate surface area is 116 Å². The van der Waals surface area contributed by atoms with Crippen LogP contribution in [-0.2, 0) is 6.54 Å². The predicted molar refractivity (Wildman–Crippen MR) is 78.2 cm³/mol. The molecule has 0 amide bonds. The molecule has 0 atom stereocenters. The standard InChI is InChI=1S/C14H26N4O/c1-6-7-15-12-8-11(2)16-13(17-12)9-18(5)10-14(3,4)19/h8,19H,6-7,9-10H2,1-5H3,(H,15,16,17). The van der Waals surface area contributed by atoms with E-state index in [1.165, 1.54) is 0 Å². The van der Waals surface area contributed by atoms with Crippen LogP contribution in [0.2, 0.25) is 0 Å². The first-order valence-electron chi connectivity index (χ1n) is 6.79. The van der Waals surface area contributed by atoms with E-state index in [2.05, 4.69) is 22.2 Å². The molecule has 0 saturated carbocycles. The lowest BCUT2D eigenvalue weighted by Gasteiger charge is -2.24. The van der Waals surface area contributed by atoms with E-state index < -0.39 is 5.60 Å². The van der Waals surface area contributed by atoms with E-state index in [4.69, 9.17) is 0 Å². The highest BCUT2D eigenvalue weighted by Crippen LogP contribution is 2.10. The molecule has 0 aliphatic rings. The molecule has 0 bridgehead atoms. The molecule has 5 heteroatoms. The van der Waals surface area contributed by atoms with Crippen molar-refractivity contribution in [1.29, 1.82) is 0 Å². The van der Waals surface area contributed by atoms with Gasteiger partial charge in [0.05, 0.1) is 12.1 Å². The molecule has 1 heterocycles. The van der Waals surface area contributed by atoms with Crippen molar-refractivity contribution in [1.82, 2.24) is 14.9 Å². The molecule has 1 rings (SSSR count). The minimum Gasteiger partial charge on any atom is -0.389 e. The fraction of sp³-hybridized carbons (Fsp3) is 0.714. The van der Waals surface area contributed by atoms with Crippen molar-refractivity contribution in [3.63, 3.8) is 0 Å². The van der Waals surface area contributed by atoms with Crippen molar-refractivity contribution in [2.45, 2.75) is 46.3 Å². The molecule has 0 aliphatic carbocycles. The van der Waals surface area contributed by atoms with Crippen LogP contribution < -0.4 is 5.32 Å². The Bertz CT molecular complexity index is 401. The van der Waals surface area contributed by atoms with Crippen molar-refractivity contribution in [2.75, 3.05) is 25.5 Å². The summed E-state index contributed by atoms with van der Waals surface area (Å²) in [5, 5.41) is 13.1. The molecule has 1 aromatic rings. The van der Waals surface area contributed by atoms with Crippen LogP contribution in [0.4, 0.5) is 5.82 Å². The van der Waals surface area contributed by atoms with Crippen molar-refractivity contribution < 1.29 is 5.11 Å². The van der Waals surface area contributed by atoms with Crippen molar-refractivity contribution in [2.24, 2.45) is 0 Å². The van der Waals surface area contributed by atoms with Gasteiger partial charge in [0, 0.05) is 24.8 Å². The number of aryl methyl sites for hydroxylation is 1. The summed E-state index contributed by atoms with van der Waals surface area (Å²) in [5.74, 6) is 1.66. The maximum absolute atomic E-state index is 9.80. The zero-order valence-electron chi connectivity index (χ0n) is 12.7. The molecule has 2 N–H and O–H groups in total. The molecular formula is C14H26N4O. The van der Waals surface area contributed by atoms with Gasteiger partial charge in [-0.2, -0.15) is 0 Å². The Balaban J connectivity index is 2.69. The molecule has 0 aliphatic heterocycles. The average Bonchev–Trinajstić information content (AvgIpc) is 2.22. The van der Waals surface area contributed by atoms with Crippen LogP contribution in [0, 0.1) is 6.92 Å². The zero-order valence-corrected chi connectivity index (χ0v) is 12.7. The first-order valence-corrected chi connectivity index (χ1v) is 6.79. The Morgan fingerprint density at radius 3 is 2.63 bits per heavy atom. The van der Waals surface area contributed by atoms with Gasteiger partial charge in [0.1, 0.15) is 11.6 Å². The van der Waals surface area contributed by atoms with E-state index in [-0.39, 0.29) is 0 Å². The van der Waals surface area contributed by atoms with Gasteiger partial charge in [0.25, 0.3) is 0 Å². The topological polar surface area (TPSA) is 61.3 Å². The number of aliphatic hydroxyl groups is 1. The number of nitrogens with one attached hydrogen (secondary N) is 1.